The first-order chi connectivity index (χ1) is 22.9. The predicted octanol–water partition coefficient (Wildman–Crippen LogP) is 6.09. The van der Waals surface area contributed by atoms with Gasteiger partial charge < -0.3 is 19.9 Å². The Balaban J connectivity index is 1.30. The summed E-state index contributed by atoms with van der Waals surface area (Å²) in [5, 5.41) is 11.7. The van der Waals surface area contributed by atoms with Gasteiger partial charge in [-0.15, -0.1) is 0 Å². The summed E-state index contributed by atoms with van der Waals surface area (Å²) in [6.45, 7) is 3.96. The average Bonchev–Trinajstić information content (AvgIpc) is 3.31. The van der Waals surface area contributed by atoms with Crippen molar-refractivity contribution in [2.24, 2.45) is 5.92 Å². The number of halogens is 4. The first kappa shape index (κ1) is 36.1. The number of hydrogen-bond donors (Lipinski definition) is 2. The molecule has 0 atom stereocenters. The van der Waals surface area contributed by atoms with Gasteiger partial charge in [0.2, 0.25) is 5.91 Å². The van der Waals surface area contributed by atoms with E-state index in [2.05, 4.69) is 10.2 Å². The molecule has 2 saturated heterocycles. The Hall–Kier alpha value is -3.17. The zero-order chi connectivity index (χ0) is 34.4. The minimum atomic E-state index is -4.59. The number of aliphatic carboxylic acids is 1. The Bertz CT molecular complexity index is 1580. The van der Waals surface area contributed by atoms with Gasteiger partial charge in [-0.3, -0.25) is 24.2 Å². The summed E-state index contributed by atoms with van der Waals surface area (Å²) in [4.78, 5) is 41.2. The molecule has 0 spiro atoms. The lowest BCUT2D eigenvalue weighted by molar-refractivity contribution is -0.143. The van der Waals surface area contributed by atoms with Crippen LogP contribution in [0.4, 0.5) is 13.2 Å². The number of benzene rings is 2. The monoisotopic (exact) mass is 725 g/mol. The third-order valence-corrected chi connectivity index (χ3v) is 10.2. The fourth-order valence-corrected chi connectivity index (χ4v) is 7.43. The number of nitrogens with one attached hydrogen (secondary N) is 1. The molecule has 1 saturated carbocycles. The fourth-order valence-electron chi connectivity index (χ4n) is 5.84. The SMILES string of the molecule is O=C(CCN1C(=O)C(=Cc2cc(-c3ccc(C(F)(F)F)c(Cl)c3)ccc2OCCN2CCOCC2)SC1=S)NC1CCC(C(=O)O)CC1. The van der Waals surface area contributed by atoms with Crippen molar-refractivity contribution in [3.63, 3.8) is 0 Å². The van der Waals surface area contributed by atoms with E-state index in [0.29, 0.717) is 83.7 Å². The van der Waals surface area contributed by atoms with Crippen LogP contribution in [0.1, 0.15) is 43.2 Å². The largest absolute Gasteiger partial charge is 0.492 e. The van der Waals surface area contributed by atoms with Crippen LogP contribution in [0.2, 0.25) is 5.02 Å². The molecule has 2 heterocycles. The van der Waals surface area contributed by atoms with Crippen LogP contribution in [0.25, 0.3) is 17.2 Å². The second-order valence-corrected chi connectivity index (χ2v) is 13.9. The van der Waals surface area contributed by atoms with E-state index < -0.39 is 22.7 Å². The van der Waals surface area contributed by atoms with Crippen molar-refractivity contribution in [3.8, 4) is 16.9 Å². The molecule has 5 rings (SSSR count). The minimum absolute atomic E-state index is 0.0264. The van der Waals surface area contributed by atoms with Gasteiger partial charge in [-0.05, 0) is 67.2 Å². The molecule has 3 aliphatic rings. The Morgan fingerprint density at radius 3 is 2.44 bits per heavy atom. The van der Waals surface area contributed by atoms with E-state index in [9.17, 15) is 32.7 Å². The van der Waals surface area contributed by atoms with Crippen LogP contribution < -0.4 is 10.1 Å². The number of carbonyl (C=O) groups excluding carboxylic acids is 2. The molecule has 0 aromatic heterocycles. The van der Waals surface area contributed by atoms with E-state index in [1.807, 2.05) is 0 Å². The zero-order valence-corrected chi connectivity index (χ0v) is 28.3. The molecule has 3 fully saturated rings. The predicted molar refractivity (Wildman–Crippen MR) is 181 cm³/mol. The van der Waals surface area contributed by atoms with Gasteiger partial charge in [0.15, 0.2) is 0 Å². The molecular formula is C33H35ClF3N3O6S2. The lowest BCUT2D eigenvalue weighted by atomic mass is 9.86. The molecule has 9 nitrogen and oxygen atoms in total. The number of alkyl halides is 3. The minimum Gasteiger partial charge on any atom is -0.492 e. The number of hydrogen-bond acceptors (Lipinski definition) is 8. The van der Waals surface area contributed by atoms with Crippen LogP contribution >= 0.6 is 35.6 Å². The highest BCUT2D eigenvalue weighted by Gasteiger charge is 2.34. The van der Waals surface area contributed by atoms with Crippen molar-refractivity contribution in [2.75, 3.05) is 46.0 Å². The van der Waals surface area contributed by atoms with Gasteiger partial charge in [0.1, 0.15) is 16.7 Å². The second kappa shape index (κ2) is 16.0. The van der Waals surface area contributed by atoms with E-state index in [-0.39, 0.29) is 36.7 Å². The summed E-state index contributed by atoms with van der Waals surface area (Å²) in [6.07, 6.45) is -0.742. The number of amides is 2. The highest BCUT2D eigenvalue weighted by molar-refractivity contribution is 8.26. The highest BCUT2D eigenvalue weighted by atomic mass is 35.5. The van der Waals surface area contributed by atoms with E-state index in [4.69, 9.17) is 33.3 Å². The number of carboxylic acids is 1. The number of carbonyl (C=O) groups is 3. The number of thioether (sulfide) groups is 1. The van der Waals surface area contributed by atoms with Crippen molar-refractivity contribution in [1.29, 1.82) is 0 Å². The number of carboxylic acid groups (broad SMARTS) is 1. The van der Waals surface area contributed by atoms with Gasteiger partial charge in [0, 0.05) is 44.2 Å². The van der Waals surface area contributed by atoms with Crippen molar-refractivity contribution < 1.29 is 42.1 Å². The van der Waals surface area contributed by atoms with Crippen LogP contribution in [0.5, 0.6) is 5.75 Å². The highest BCUT2D eigenvalue weighted by Crippen LogP contribution is 2.39. The number of ether oxygens (including phenoxy) is 2. The topological polar surface area (TPSA) is 108 Å². The maximum absolute atomic E-state index is 13.5. The molecule has 2 aromatic carbocycles. The van der Waals surface area contributed by atoms with Crippen LogP contribution in [0.3, 0.4) is 0 Å². The maximum Gasteiger partial charge on any atom is 0.417 e. The van der Waals surface area contributed by atoms with Crippen molar-refractivity contribution in [1.82, 2.24) is 15.1 Å². The van der Waals surface area contributed by atoms with E-state index in [1.54, 1.807) is 24.3 Å². The number of nitrogens with zero attached hydrogens (tertiary/aromatic N) is 2. The molecule has 0 radical (unpaired) electrons. The van der Waals surface area contributed by atoms with Gasteiger partial charge in [-0.1, -0.05) is 47.7 Å². The summed E-state index contributed by atoms with van der Waals surface area (Å²) in [5.74, 6) is -1.34. The third kappa shape index (κ3) is 9.29. The fraction of sp³-hybridized carbons (Fsp3) is 0.455. The van der Waals surface area contributed by atoms with E-state index in [0.717, 1.165) is 30.9 Å². The molecule has 2 aliphatic heterocycles. The molecule has 48 heavy (non-hydrogen) atoms. The average molecular weight is 726 g/mol. The first-order valence-electron chi connectivity index (χ1n) is 15.6. The Morgan fingerprint density at radius 1 is 1.08 bits per heavy atom. The lowest BCUT2D eigenvalue weighted by Gasteiger charge is -2.27. The molecule has 2 aromatic rings. The number of morpholine rings is 1. The van der Waals surface area contributed by atoms with Crippen LogP contribution in [0.15, 0.2) is 41.3 Å². The summed E-state index contributed by atoms with van der Waals surface area (Å²) in [7, 11) is 0. The summed E-state index contributed by atoms with van der Waals surface area (Å²) < 4.78 is 51.8. The van der Waals surface area contributed by atoms with E-state index in [1.165, 1.54) is 17.0 Å². The summed E-state index contributed by atoms with van der Waals surface area (Å²) in [5.41, 5.74) is 0.624. The Kier molecular flexibility index (Phi) is 12.1. The van der Waals surface area contributed by atoms with E-state index >= 15 is 0 Å². The normalized spacial score (nSPS) is 21.5. The molecule has 0 unspecified atom stereocenters. The lowest BCUT2D eigenvalue weighted by Crippen LogP contribution is -2.40. The van der Waals surface area contributed by atoms with Crippen LogP contribution in [0, 0.1) is 5.92 Å². The second-order valence-electron chi connectivity index (χ2n) is 11.8. The van der Waals surface area contributed by atoms with Gasteiger partial charge in [-0.25, -0.2) is 0 Å². The van der Waals surface area contributed by atoms with Gasteiger partial charge in [-0.2, -0.15) is 13.2 Å². The number of thiocarbonyl (C=S) groups is 1. The van der Waals surface area contributed by atoms with Crippen molar-refractivity contribution >= 4 is 63.8 Å². The van der Waals surface area contributed by atoms with Crippen LogP contribution in [-0.2, 0) is 25.3 Å². The quantitative estimate of drug-likeness (QED) is 0.210. The maximum atomic E-state index is 13.5. The smallest absolute Gasteiger partial charge is 0.417 e. The summed E-state index contributed by atoms with van der Waals surface area (Å²) >= 11 is 12.6. The third-order valence-electron chi connectivity index (χ3n) is 8.55. The van der Waals surface area contributed by atoms with Crippen molar-refractivity contribution in [3.05, 3.63) is 57.5 Å². The Morgan fingerprint density at radius 2 is 1.77 bits per heavy atom. The molecular weight excluding hydrogens is 691 g/mol. The van der Waals surface area contributed by atoms with Gasteiger partial charge in [0.05, 0.1) is 34.6 Å². The molecule has 258 valence electrons. The number of rotatable bonds is 11. The molecule has 15 heteroatoms. The molecule has 1 aliphatic carbocycles. The first-order valence-corrected chi connectivity index (χ1v) is 17.2. The van der Waals surface area contributed by atoms with Crippen molar-refractivity contribution in [2.45, 2.75) is 44.3 Å². The van der Waals surface area contributed by atoms with Gasteiger partial charge >= 0.3 is 12.1 Å². The molecule has 2 amide bonds. The molecule has 2 N–H and O–H groups in total. The summed E-state index contributed by atoms with van der Waals surface area (Å²) in [6, 6.07) is 8.58. The Labute approximate surface area is 290 Å². The standard InChI is InChI=1S/C33H35ClF3N3O6S2/c34-26-18-22(3-7-25(26)33(35,36)37)21-4-8-27(46-16-13-39-11-14-45-15-12-39)23(17-21)19-28-30(42)40(32(47)48-28)10-9-29(41)38-24-5-1-20(2-6-24)31(43)44/h3-4,7-8,17-20,24H,1-2,5-6,9-16H2,(H,38,41)(H,43,44). The van der Waals surface area contributed by atoms with Gasteiger partial charge in [0.25, 0.3) is 5.91 Å². The molecule has 0 bridgehead atoms. The van der Waals surface area contributed by atoms with Crippen LogP contribution in [-0.4, -0.2) is 89.1 Å². The zero-order valence-electron chi connectivity index (χ0n) is 25.9.